The fraction of sp³-hybridized carbons (Fsp3) is 0.167. The van der Waals surface area contributed by atoms with Crippen LogP contribution < -0.4 is 16.0 Å². The molecule has 3 N–H and O–H groups in total. The smallest absolute Gasteiger partial charge is 0.345 e. The molecule has 2 rings (SSSR count). The molecule has 2 aromatic carbocycles. The fourth-order valence-corrected chi connectivity index (χ4v) is 2.02. The van der Waals surface area contributed by atoms with Crippen LogP contribution in [0.4, 0.5) is 18.9 Å². The number of rotatable bonds is 6. The Bertz CT molecular complexity index is 806. The molecule has 0 aliphatic rings. The fourth-order valence-electron chi connectivity index (χ4n) is 2.02. The maximum Gasteiger partial charge on any atom is 0.405 e. The van der Waals surface area contributed by atoms with E-state index < -0.39 is 31.1 Å². The van der Waals surface area contributed by atoms with Gasteiger partial charge in [-0.05, 0) is 36.4 Å². The Morgan fingerprint density at radius 3 is 1.96 bits per heavy atom. The third-order valence-electron chi connectivity index (χ3n) is 3.34. The summed E-state index contributed by atoms with van der Waals surface area (Å²) in [4.78, 5) is 35.2. The average Bonchev–Trinajstić information content (AvgIpc) is 2.65. The monoisotopic (exact) mass is 379 g/mol. The summed E-state index contributed by atoms with van der Waals surface area (Å²) >= 11 is 0. The van der Waals surface area contributed by atoms with E-state index in [1.807, 2.05) is 0 Å². The Morgan fingerprint density at radius 1 is 0.778 bits per heavy atom. The van der Waals surface area contributed by atoms with Crippen molar-refractivity contribution in [1.29, 1.82) is 0 Å². The number of hydrogen-bond acceptors (Lipinski definition) is 3. The van der Waals surface area contributed by atoms with Crippen LogP contribution in [0.25, 0.3) is 0 Å². The predicted octanol–water partition coefficient (Wildman–Crippen LogP) is 2.35. The predicted molar refractivity (Wildman–Crippen MR) is 92.2 cm³/mol. The molecule has 2 aromatic rings. The lowest BCUT2D eigenvalue weighted by atomic mass is 10.1. The van der Waals surface area contributed by atoms with Crippen molar-refractivity contribution in [2.45, 2.75) is 6.18 Å². The Labute approximate surface area is 152 Å². The second-order valence-electron chi connectivity index (χ2n) is 5.47. The molecule has 0 aliphatic carbocycles. The van der Waals surface area contributed by atoms with E-state index in [1.54, 1.807) is 35.6 Å². The van der Waals surface area contributed by atoms with Crippen molar-refractivity contribution >= 4 is 23.4 Å². The van der Waals surface area contributed by atoms with Gasteiger partial charge in [0.25, 0.3) is 11.8 Å². The molecule has 0 fully saturated rings. The van der Waals surface area contributed by atoms with E-state index in [0.717, 1.165) is 0 Å². The van der Waals surface area contributed by atoms with E-state index in [1.165, 1.54) is 24.3 Å². The highest BCUT2D eigenvalue weighted by molar-refractivity contribution is 6.04. The van der Waals surface area contributed by atoms with Gasteiger partial charge in [0.05, 0.1) is 6.54 Å². The number of carbonyl (C=O) groups is 3. The number of carbonyl (C=O) groups excluding carboxylic acids is 3. The third-order valence-corrected chi connectivity index (χ3v) is 3.34. The summed E-state index contributed by atoms with van der Waals surface area (Å²) in [5, 5.41) is 6.53. The average molecular weight is 379 g/mol. The van der Waals surface area contributed by atoms with Gasteiger partial charge in [0.15, 0.2) is 0 Å². The molecule has 0 aromatic heterocycles. The molecule has 0 saturated heterocycles. The highest BCUT2D eigenvalue weighted by Crippen LogP contribution is 2.12. The first-order valence-corrected chi connectivity index (χ1v) is 7.83. The zero-order chi connectivity index (χ0) is 19.9. The van der Waals surface area contributed by atoms with E-state index >= 15 is 0 Å². The molecule has 3 amide bonds. The molecule has 0 heterocycles. The van der Waals surface area contributed by atoms with Crippen LogP contribution in [0.15, 0.2) is 54.6 Å². The van der Waals surface area contributed by atoms with E-state index in [-0.39, 0.29) is 11.5 Å². The minimum Gasteiger partial charge on any atom is -0.345 e. The molecule has 142 valence electrons. The van der Waals surface area contributed by atoms with Crippen LogP contribution in [0.2, 0.25) is 0 Å². The van der Waals surface area contributed by atoms with Gasteiger partial charge in [0.2, 0.25) is 5.91 Å². The van der Waals surface area contributed by atoms with E-state index in [4.69, 9.17) is 0 Å². The van der Waals surface area contributed by atoms with Crippen molar-refractivity contribution in [2.24, 2.45) is 0 Å². The van der Waals surface area contributed by atoms with E-state index in [2.05, 4.69) is 10.6 Å². The highest BCUT2D eigenvalue weighted by atomic mass is 19.4. The topological polar surface area (TPSA) is 87.3 Å². The summed E-state index contributed by atoms with van der Waals surface area (Å²) in [5.74, 6) is -1.89. The molecular formula is C18H16F3N3O3. The molecule has 6 nitrogen and oxygen atoms in total. The zero-order valence-corrected chi connectivity index (χ0v) is 14.0. The van der Waals surface area contributed by atoms with Gasteiger partial charge in [0, 0.05) is 16.8 Å². The van der Waals surface area contributed by atoms with Crippen molar-refractivity contribution in [3.63, 3.8) is 0 Å². The second-order valence-corrected chi connectivity index (χ2v) is 5.47. The molecule has 0 spiro atoms. The van der Waals surface area contributed by atoms with Crippen LogP contribution in [0.1, 0.15) is 20.7 Å². The quantitative estimate of drug-likeness (QED) is 0.720. The van der Waals surface area contributed by atoms with Crippen molar-refractivity contribution in [1.82, 2.24) is 10.6 Å². The van der Waals surface area contributed by atoms with Crippen molar-refractivity contribution < 1.29 is 27.6 Å². The normalized spacial score (nSPS) is 10.8. The molecule has 0 aliphatic heterocycles. The number of nitrogens with one attached hydrogen (secondary N) is 3. The molecule has 27 heavy (non-hydrogen) atoms. The van der Waals surface area contributed by atoms with E-state index in [9.17, 15) is 27.6 Å². The molecule has 0 bridgehead atoms. The van der Waals surface area contributed by atoms with Gasteiger partial charge in [-0.1, -0.05) is 18.2 Å². The number of halogens is 3. The number of anilines is 1. The molecule has 0 atom stereocenters. The summed E-state index contributed by atoms with van der Waals surface area (Å²) in [7, 11) is 0. The molecular weight excluding hydrogens is 363 g/mol. The molecule has 0 radical (unpaired) electrons. The van der Waals surface area contributed by atoms with Crippen molar-refractivity contribution in [3.05, 3.63) is 65.7 Å². The van der Waals surface area contributed by atoms with Gasteiger partial charge in [-0.25, -0.2) is 0 Å². The van der Waals surface area contributed by atoms with Gasteiger partial charge in [-0.2, -0.15) is 13.2 Å². The minimum absolute atomic E-state index is 0.191. The van der Waals surface area contributed by atoms with Crippen molar-refractivity contribution in [2.75, 3.05) is 18.4 Å². The largest absolute Gasteiger partial charge is 0.405 e. The SMILES string of the molecule is O=C(CNC(=O)c1ccc(NC(=O)c2ccccc2)cc1)NCC(F)(F)F. The third kappa shape index (κ3) is 6.81. The first-order chi connectivity index (χ1) is 12.7. The standard InChI is InChI=1S/C18H16F3N3O3/c19-18(20,21)11-23-15(25)10-22-16(26)13-6-8-14(9-7-13)24-17(27)12-4-2-1-3-5-12/h1-9H,10-11H2,(H,22,26)(H,23,25)(H,24,27). The Hall–Kier alpha value is -3.36. The molecule has 0 unspecified atom stereocenters. The lowest BCUT2D eigenvalue weighted by Crippen LogP contribution is -2.40. The summed E-state index contributed by atoms with van der Waals surface area (Å²) in [6, 6.07) is 14.4. The van der Waals surface area contributed by atoms with Gasteiger partial charge in [-0.15, -0.1) is 0 Å². The molecule has 0 saturated carbocycles. The summed E-state index contributed by atoms with van der Waals surface area (Å²) in [6.45, 7) is -2.04. The van der Waals surface area contributed by atoms with Crippen LogP contribution in [-0.4, -0.2) is 37.0 Å². The lowest BCUT2D eigenvalue weighted by Gasteiger charge is -2.09. The van der Waals surface area contributed by atoms with Gasteiger partial charge in [0.1, 0.15) is 6.54 Å². The Morgan fingerprint density at radius 2 is 1.37 bits per heavy atom. The highest BCUT2D eigenvalue weighted by Gasteiger charge is 2.27. The number of benzene rings is 2. The second kappa shape index (κ2) is 8.84. The number of hydrogen-bond donors (Lipinski definition) is 3. The van der Waals surface area contributed by atoms with Crippen LogP contribution in [0.5, 0.6) is 0 Å². The molecule has 9 heteroatoms. The Balaban J connectivity index is 1.84. The summed E-state index contributed by atoms with van der Waals surface area (Å²) in [5.41, 5.74) is 1.13. The summed E-state index contributed by atoms with van der Waals surface area (Å²) in [6.07, 6.45) is -4.51. The maximum atomic E-state index is 12.0. The zero-order valence-electron chi connectivity index (χ0n) is 14.0. The van der Waals surface area contributed by atoms with Crippen molar-refractivity contribution in [3.8, 4) is 0 Å². The number of amides is 3. The number of alkyl halides is 3. The maximum absolute atomic E-state index is 12.0. The first-order valence-electron chi connectivity index (χ1n) is 7.83. The van der Waals surface area contributed by atoms with Gasteiger partial charge in [-0.3, -0.25) is 14.4 Å². The van der Waals surface area contributed by atoms with E-state index in [0.29, 0.717) is 11.3 Å². The lowest BCUT2D eigenvalue weighted by molar-refractivity contribution is -0.137. The van der Waals surface area contributed by atoms with Crippen LogP contribution in [0.3, 0.4) is 0 Å². The first kappa shape index (κ1) is 20.0. The van der Waals surface area contributed by atoms with Crippen LogP contribution >= 0.6 is 0 Å². The summed E-state index contributed by atoms with van der Waals surface area (Å²) < 4.78 is 36.0. The van der Waals surface area contributed by atoms with Gasteiger partial charge < -0.3 is 16.0 Å². The Kier molecular flexibility index (Phi) is 6.53. The van der Waals surface area contributed by atoms with Crippen LogP contribution in [-0.2, 0) is 4.79 Å². The minimum atomic E-state index is -4.51. The van der Waals surface area contributed by atoms with Crippen LogP contribution in [0, 0.1) is 0 Å². The van der Waals surface area contributed by atoms with Gasteiger partial charge >= 0.3 is 6.18 Å².